The lowest BCUT2D eigenvalue weighted by Crippen LogP contribution is -2.20. The summed E-state index contributed by atoms with van der Waals surface area (Å²) in [6.07, 6.45) is 4.47. The van der Waals surface area contributed by atoms with Crippen molar-refractivity contribution in [2.75, 3.05) is 19.1 Å². The van der Waals surface area contributed by atoms with Crippen molar-refractivity contribution >= 4 is 34.9 Å². The van der Waals surface area contributed by atoms with Gasteiger partial charge in [0.2, 0.25) is 0 Å². The van der Waals surface area contributed by atoms with E-state index in [1.807, 2.05) is 25.1 Å². The number of nitrogens with zero attached hydrogens (tertiary/aromatic N) is 2. The van der Waals surface area contributed by atoms with E-state index in [4.69, 9.17) is 0 Å². The molecule has 1 heterocycles. The quantitative estimate of drug-likeness (QED) is 0.605. The van der Waals surface area contributed by atoms with Crippen LogP contribution in [-0.2, 0) is 0 Å². The standard InChI is InChI=1S/C9H17N3S3/c1-7(10-2)5-4-6-14-9-12-11-8(13-3)15-9/h7,10H,4-6H2,1-3H3. The van der Waals surface area contributed by atoms with E-state index in [9.17, 15) is 0 Å². The van der Waals surface area contributed by atoms with Crippen molar-refractivity contribution in [2.24, 2.45) is 0 Å². The van der Waals surface area contributed by atoms with Crippen LogP contribution in [0.3, 0.4) is 0 Å². The first kappa shape index (κ1) is 13.3. The normalized spacial score (nSPS) is 13.0. The van der Waals surface area contributed by atoms with Gasteiger partial charge in [0.25, 0.3) is 0 Å². The smallest absolute Gasteiger partial charge is 0.175 e. The maximum atomic E-state index is 4.12. The van der Waals surface area contributed by atoms with E-state index in [0.717, 1.165) is 14.4 Å². The molecule has 0 saturated heterocycles. The third-order valence-electron chi connectivity index (χ3n) is 2.06. The Balaban J connectivity index is 2.14. The molecule has 0 aromatic carbocycles. The molecule has 3 nitrogen and oxygen atoms in total. The zero-order valence-corrected chi connectivity index (χ0v) is 11.8. The molecular weight excluding hydrogens is 246 g/mol. The van der Waals surface area contributed by atoms with Crippen LogP contribution < -0.4 is 5.32 Å². The highest BCUT2D eigenvalue weighted by atomic mass is 32.2. The monoisotopic (exact) mass is 263 g/mol. The first-order valence-corrected chi connectivity index (χ1v) is 7.96. The summed E-state index contributed by atoms with van der Waals surface area (Å²) in [4.78, 5) is 0. The summed E-state index contributed by atoms with van der Waals surface area (Å²) in [7, 11) is 2.01. The Labute approximate surface area is 104 Å². The number of aromatic nitrogens is 2. The molecule has 0 amide bonds. The van der Waals surface area contributed by atoms with Gasteiger partial charge >= 0.3 is 0 Å². The van der Waals surface area contributed by atoms with E-state index in [1.54, 1.807) is 23.1 Å². The molecule has 1 aromatic rings. The lowest BCUT2D eigenvalue weighted by Gasteiger charge is -2.07. The Morgan fingerprint density at radius 3 is 2.73 bits per heavy atom. The van der Waals surface area contributed by atoms with E-state index in [1.165, 1.54) is 12.8 Å². The van der Waals surface area contributed by atoms with Gasteiger partial charge in [-0.25, -0.2) is 0 Å². The van der Waals surface area contributed by atoms with Crippen molar-refractivity contribution in [3.05, 3.63) is 0 Å². The summed E-state index contributed by atoms with van der Waals surface area (Å²) in [6.45, 7) is 2.21. The van der Waals surface area contributed by atoms with Gasteiger partial charge in [-0.1, -0.05) is 34.9 Å². The Morgan fingerprint density at radius 1 is 1.40 bits per heavy atom. The molecule has 6 heteroatoms. The average Bonchev–Trinajstić information content (AvgIpc) is 2.72. The molecule has 1 atom stereocenters. The third-order valence-corrected chi connectivity index (χ3v) is 5.18. The second-order valence-electron chi connectivity index (χ2n) is 3.22. The molecule has 1 N–H and O–H groups in total. The van der Waals surface area contributed by atoms with Crippen molar-refractivity contribution < 1.29 is 0 Å². The number of rotatable bonds is 7. The van der Waals surface area contributed by atoms with Gasteiger partial charge in [-0.2, -0.15) is 0 Å². The summed E-state index contributed by atoms with van der Waals surface area (Å²) in [5.41, 5.74) is 0. The largest absolute Gasteiger partial charge is 0.317 e. The highest BCUT2D eigenvalue weighted by Crippen LogP contribution is 2.27. The Kier molecular flexibility index (Phi) is 6.63. The topological polar surface area (TPSA) is 37.8 Å². The van der Waals surface area contributed by atoms with Crippen molar-refractivity contribution in [1.82, 2.24) is 15.5 Å². The van der Waals surface area contributed by atoms with Crippen molar-refractivity contribution in [2.45, 2.75) is 34.5 Å². The van der Waals surface area contributed by atoms with Crippen LogP contribution in [0.5, 0.6) is 0 Å². The first-order valence-electron chi connectivity index (χ1n) is 4.93. The number of hydrogen-bond donors (Lipinski definition) is 1. The summed E-state index contributed by atoms with van der Waals surface area (Å²) >= 11 is 5.16. The second kappa shape index (κ2) is 7.49. The molecule has 0 aliphatic heterocycles. The van der Waals surface area contributed by atoms with Crippen LogP contribution in [0.2, 0.25) is 0 Å². The summed E-state index contributed by atoms with van der Waals surface area (Å²) in [5, 5.41) is 11.4. The summed E-state index contributed by atoms with van der Waals surface area (Å²) in [5.74, 6) is 1.13. The Bertz CT molecular complexity index is 277. The van der Waals surface area contributed by atoms with E-state index in [-0.39, 0.29) is 0 Å². The van der Waals surface area contributed by atoms with Crippen LogP contribution in [-0.4, -0.2) is 35.3 Å². The molecule has 0 aliphatic rings. The molecule has 86 valence electrons. The zero-order valence-electron chi connectivity index (χ0n) is 9.32. The number of nitrogens with one attached hydrogen (secondary N) is 1. The minimum Gasteiger partial charge on any atom is -0.317 e. The predicted molar refractivity (Wildman–Crippen MR) is 70.2 cm³/mol. The summed E-state index contributed by atoms with van der Waals surface area (Å²) < 4.78 is 2.15. The van der Waals surface area contributed by atoms with Gasteiger partial charge in [0, 0.05) is 11.8 Å². The molecule has 15 heavy (non-hydrogen) atoms. The van der Waals surface area contributed by atoms with Crippen LogP contribution in [0.1, 0.15) is 19.8 Å². The summed E-state index contributed by atoms with van der Waals surface area (Å²) in [6, 6.07) is 0.613. The van der Waals surface area contributed by atoms with Crippen molar-refractivity contribution in [3.63, 3.8) is 0 Å². The van der Waals surface area contributed by atoms with Gasteiger partial charge in [0.05, 0.1) is 0 Å². The van der Waals surface area contributed by atoms with Gasteiger partial charge in [0.15, 0.2) is 8.68 Å². The van der Waals surface area contributed by atoms with Crippen LogP contribution in [0, 0.1) is 0 Å². The molecule has 1 unspecified atom stereocenters. The fourth-order valence-corrected chi connectivity index (χ4v) is 3.50. The van der Waals surface area contributed by atoms with Crippen LogP contribution in [0.4, 0.5) is 0 Å². The molecule has 1 rings (SSSR count). The third kappa shape index (κ3) is 5.19. The Morgan fingerprint density at radius 2 is 2.13 bits per heavy atom. The molecule has 1 aromatic heterocycles. The van der Waals surface area contributed by atoms with Crippen LogP contribution in [0.15, 0.2) is 8.68 Å². The molecule has 0 spiro atoms. The fourth-order valence-electron chi connectivity index (χ4n) is 1.03. The average molecular weight is 263 g/mol. The maximum absolute atomic E-state index is 4.12. The second-order valence-corrected chi connectivity index (χ2v) is 6.59. The molecule has 0 fully saturated rings. The molecule has 0 saturated carbocycles. The lowest BCUT2D eigenvalue weighted by atomic mass is 10.2. The van der Waals surface area contributed by atoms with Crippen LogP contribution in [0.25, 0.3) is 0 Å². The van der Waals surface area contributed by atoms with Crippen molar-refractivity contribution in [3.8, 4) is 0 Å². The van der Waals surface area contributed by atoms with Gasteiger partial charge in [0.1, 0.15) is 0 Å². The van der Waals surface area contributed by atoms with E-state index in [2.05, 4.69) is 22.4 Å². The predicted octanol–water partition coefficient (Wildman–Crippen LogP) is 2.74. The number of hydrogen-bond acceptors (Lipinski definition) is 6. The van der Waals surface area contributed by atoms with Gasteiger partial charge in [-0.15, -0.1) is 10.2 Å². The van der Waals surface area contributed by atoms with Gasteiger partial charge in [-0.05, 0) is 33.1 Å². The number of thioether (sulfide) groups is 2. The highest BCUT2D eigenvalue weighted by Gasteiger charge is 2.04. The molecule has 0 bridgehead atoms. The first-order chi connectivity index (χ1) is 7.26. The lowest BCUT2D eigenvalue weighted by molar-refractivity contribution is 0.559. The Hall–Kier alpha value is 0.220. The highest BCUT2D eigenvalue weighted by molar-refractivity contribution is 8.02. The van der Waals surface area contributed by atoms with Gasteiger partial charge < -0.3 is 5.32 Å². The maximum Gasteiger partial charge on any atom is 0.175 e. The van der Waals surface area contributed by atoms with Gasteiger partial charge in [-0.3, -0.25) is 0 Å². The molecular formula is C9H17N3S3. The minimum atomic E-state index is 0.613. The van der Waals surface area contributed by atoms with Crippen molar-refractivity contribution in [1.29, 1.82) is 0 Å². The van der Waals surface area contributed by atoms with E-state index >= 15 is 0 Å². The molecule has 0 radical (unpaired) electrons. The molecule has 0 aliphatic carbocycles. The van der Waals surface area contributed by atoms with E-state index in [0.29, 0.717) is 6.04 Å². The zero-order chi connectivity index (χ0) is 11.1. The fraction of sp³-hybridized carbons (Fsp3) is 0.778. The minimum absolute atomic E-state index is 0.613. The SMILES string of the molecule is CNC(C)CCCSc1nnc(SC)s1. The van der Waals surface area contributed by atoms with E-state index < -0.39 is 0 Å². The van der Waals surface area contributed by atoms with Crippen LogP contribution >= 0.6 is 34.9 Å².